The fraction of sp³-hybridized carbons (Fsp3) is 1.00. The van der Waals surface area contributed by atoms with Gasteiger partial charge in [0.1, 0.15) is 0 Å². The molecule has 2 rings (SSSR count). The van der Waals surface area contributed by atoms with Crippen LogP contribution >= 0.6 is 12.4 Å². The Morgan fingerprint density at radius 1 is 1.44 bits per heavy atom. The molecule has 96 valence electrons. The minimum absolute atomic E-state index is 0. The first-order chi connectivity index (χ1) is 7.11. The van der Waals surface area contributed by atoms with Crippen LogP contribution in [0.3, 0.4) is 0 Å². The van der Waals surface area contributed by atoms with Gasteiger partial charge < -0.3 is 5.32 Å². The second kappa shape index (κ2) is 5.70. The molecule has 0 aromatic rings. The maximum Gasteiger partial charge on any atom is 0.0119 e. The molecule has 2 atom stereocenters. The van der Waals surface area contributed by atoms with Gasteiger partial charge in [0.25, 0.3) is 0 Å². The molecule has 16 heavy (non-hydrogen) atoms. The lowest BCUT2D eigenvalue weighted by Crippen LogP contribution is -2.42. The number of nitrogens with one attached hydrogen (secondary N) is 1. The van der Waals surface area contributed by atoms with E-state index in [-0.39, 0.29) is 12.4 Å². The molecular formula is C13H27ClN2. The molecule has 0 amide bonds. The van der Waals surface area contributed by atoms with Crippen LogP contribution in [0.5, 0.6) is 0 Å². The van der Waals surface area contributed by atoms with E-state index >= 15 is 0 Å². The van der Waals surface area contributed by atoms with E-state index in [0.717, 1.165) is 12.0 Å². The van der Waals surface area contributed by atoms with Gasteiger partial charge in [-0.3, -0.25) is 4.90 Å². The van der Waals surface area contributed by atoms with Gasteiger partial charge in [-0.15, -0.1) is 12.4 Å². The van der Waals surface area contributed by atoms with Gasteiger partial charge in [-0.05, 0) is 43.7 Å². The normalized spacial score (nSPS) is 35.6. The summed E-state index contributed by atoms with van der Waals surface area (Å²) >= 11 is 0. The van der Waals surface area contributed by atoms with Crippen LogP contribution in [-0.4, -0.2) is 37.1 Å². The van der Waals surface area contributed by atoms with Crippen LogP contribution in [0.25, 0.3) is 0 Å². The third kappa shape index (κ3) is 3.12. The largest absolute Gasteiger partial charge is 0.316 e. The summed E-state index contributed by atoms with van der Waals surface area (Å²) in [5.41, 5.74) is 0.539. The first-order valence-electron chi connectivity index (χ1n) is 6.55. The van der Waals surface area contributed by atoms with Gasteiger partial charge in [-0.1, -0.05) is 20.8 Å². The molecule has 1 N–H and O–H groups in total. The Labute approximate surface area is 107 Å². The SMILES string of the molecule is CC(C)C1CCCN1CC1(C)CCNC1.Cl. The molecule has 0 aliphatic carbocycles. The number of nitrogens with zero attached hydrogens (tertiary/aromatic N) is 1. The Bertz CT molecular complexity index is 212. The lowest BCUT2D eigenvalue weighted by atomic mass is 9.88. The van der Waals surface area contributed by atoms with Crippen molar-refractivity contribution in [1.29, 1.82) is 0 Å². The van der Waals surface area contributed by atoms with E-state index in [1.807, 2.05) is 0 Å². The molecule has 2 aliphatic rings. The van der Waals surface area contributed by atoms with Crippen LogP contribution < -0.4 is 5.32 Å². The van der Waals surface area contributed by atoms with Gasteiger partial charge in [0.2, 0.25) is 0 Å². The highest BCUT2D eigenvalue weighted by Crippen LogP contribution is 2.31. The van der Waals surface area contributed by atoms with E-state index in [4.69, 9.17) is 0 Å². The zero-order valence-corrected chi connectivity index (χ0v) is 11.8. The number of likely N-dealkylation sites (tertiary alicyclic amines) is 1. The van der Waals surface area contributed by atoms with Gasteiger partial charge >= 0.3 is 0 Å². The molecule has 2 nitrogen and oxygen atoms in total. The van der Waals surface area contributed by atoms with Crippen molar-refractivity contribution in [2.45, 2.75) is 46.1 Å². The summed E-state index contributed by atoms with van der Waals surface area (Å²) in [4.78, 5) is 2.75. The molecule has 2 unspecified atom stereocenters. The minimum Gasteiger partial charge on any atom is -0.316 e. The number of hydrogen-bond acceptors (Lipinski definition) is 2. The summed E-state index contributed by atoms with van der Waals surface area (Å²) < 4.78 is 0. The summed E-state index contributed by atoms with van der Waals surface area (Å²) in [6, 6.07) is 0.849. The zero-order chi connectivity index (χ0) is 10.9. The quantitative estimate of drug-likeness (QED) is 0.824. The second-order valence-electron chi connectivity index (χ2n) is 6.16. The Hall–Kier alpha value is 0.210. The highest BCUT2D eigenvalue weighted by molar-refractivity contribution is 5.85. The van der Waals surface area contributed by atoms with Gasteiger partial charge in [0.05, 0.1) is 0 Å². The molecule has 0 radical (unpaired) electrons. The maximum atomic E-state index is 3.50. The van der Waals surface area contributed by atoms with Crippen molar-refractivity contribution in [2.75, 3.05) is 26.2 Å². The van der Waals surface area contributed by atoms with E-state index in [9.17, 15) is 0 Å². The molecule has 2 saturated heterocycles. The average Bonchev–Trinajstić information content (AvgIpc) is 2.75. The lowest BCUT2D eigenvalue weighted by molar-refractivity contribution is 0.139. The van der Waals surface area contributed by atoms with Crippen molar-refractivity contribution in [3.8, 4) is 0 Å². The molecule has 2 fully saturated rings. The van der Waals surface area contributed by atoms with Crippen molar-refractivity contribution in [2.24, 2.45) is 11.3 Å². The van der Waals surface area contributed by atoms with Gasteiger partial charge in [0.15, 0.2) is 0 Å². The zero-order valence-electron chi connectivity index (χ0n) is 11.0. The smallest absolute Gasteiger partial charge is 0.0119 e. The van der Waals surface area contributed by atoms with Crippen LogP contribution in [0.4, 0.5) is 0 Å². The topological polar surface area (TPSA) is 15.3 Å². The summed E-state index contributed by atoms with van der Waals surface area (Å²) in [6.07, 6.45) is 4.18. The van der Waals surface area contributed by atoms with E-state index in [2.05, 4.69) is 31.0 Å². The first-order valence-corrected chi connectivity index (χ1v) is 6.55. The Morgan fingerprint density at radius 3 is 2.75 bits per heavy atom. The van der Waals surface area contributed by atoms with Crippen LogP contribution in [0.2, 0.25) is 0 Å². The predicted octanol–water partition coefficient (Wildman–Crippen LogP) is 2.53. The molecule has 2 aliphatic heterocycles. The van der Waals surface area contributed by atoms with Crippen molar-refractivity contribution in [3.05, 3.63) is 0 Å². The Kier molecular flexibility index (Phi) is 5.09. The number of halogens is 1. The highest BCUT2D eigenvalue weighted by Gasteiger charge is 2.35. The van der Waals surface area contributed by atoms with Crippen LogP contribution in [0.1, 0.15) is 40.0 Å². The van der Waals surface area contributed by atoms with E-state index in [1.165, 1.54) is 45.4 Å². The van der Waals surface area contributed by atoms with E-state index < -0.39 is 0 Å². The standard InChI is InChI=1S/C13H26N2.ClH/c1-11(2)12-5-4-8-15(12)10-13(3)6-7-14-9-13;/h11-12,14H,4-10H2,1-3H3;1H. The molecule has 0 bridgehead atoms. The van der Waals surface area contributed by atoms with Gasteiger partial charge in [0, 0.05) is 19.1 Å². The van der Waals surface area contributed by atoms with Crippen LogP contribution in [-0.2, 0) is 0 Å². The lowest BCUT2D eigenvalue weighted by Gasteiger charge is -2.34. The minimum atomic E-state index is 0. The summed E-state index contributed by atoms with van der Waals surface area (Å²) in [5, 5.41) is 3.50. The van der Waals surface area contributed by atoms with Crippen molar-refractivity contribution >= 4 is 12.4 Å². The summed E-state index contributed by atoms with van der Waals surface area (Å²) in [5.74, 6) is 0.825. The Balaban J connectivity index is 0.00000128. The maximum absolute atomic E-state index is 3.50. The van der Waals surface area contributed by atoms with Gasteiger partial charge in [-0.2, -0.15) is 0 Å². The summed E-state index contributed by atoms with van der Waals surface area (Å²) in [7, 11) is 0. The molecular weight excluding hydrogens is 220 g/mol. The number of hydrogen-bond donors (Lipinski definition) is 1. The molecule has 0 saturated carbocycles. The van der Waals surface area contributed by atoms with E-state index in [0.29, 0.717) is 5.41 Å². The van der Waals surface area contributed by atoms with E-state index in [1.54, 1.807) is 0 Å². The fourth-order valence-electron chi connectivity index (χ4n) is 3.30. The van der Waals surface area contributed by atoms with Crippen LogP contribution in [0.15, 0.2) is 0 Å². The average molecular weight is 247 g/mol. The summed E-state index contributed by atoms with van der Waals surface area (Å²) in [6.45, 7) is 12.3. The third-order valence-corrected chi connectivity index (χ3v) is 4.23. The monoisotopic (exact) mass is 246 g/mol. The first kappa shape index (κ1) is 14.3. The van der Waals surface area contributed by atoms with Crippen molar-refractivity contribution in [1.82, 2.24) is 10.2 Å². The van der Waals surface area contributed by atoms with Crippen molar-refractivity contribution in [3.63, 3.8) is 0 Å². The molecule has 3 heteroatoms. The fourth-order valence-corrected chi connectivity index (χ4v) is 3.30. The molecule has 0 spiro atoms. The second-order valence-corrected chi connectivity index (χ2v) is 6.16. The third-order valence-electron chi connectivity index (χ3n) is 4.23. The molecule has 2 heterocycles. The molecule has 0 aromatic carbocycles. The van der Waals surface area contributed by atoms with Gasteiger partial charge in [-0.25, -0.2) is 0 Å². The molecule has 0 aromatic heterocycles. The Morgan fingerprint density at radius 2 is 2.19 bits per heavy atom. The number of rotatable bonds is 3. The van der Waals surface area contributed by atoms with Crippen LogP contribution in [0, 0.1) is 11.3 Å². The highest BCUT2D eigenvalue weighted by atomic mass is 35.5. The van der Waals surface area contributed by atoms with Crippen molar-refractivity contribution < 1.29 is 0 Å². The predicted molar refractivity (Wildman–Crippen MR) is 72.3 cm³/mol.